The zero-order chi connectivity index (χ0) is 20.9. The van der Waals surface area contributed by atoms with Gasteiger partial charge in [0.1, 0.15) is 15.9 Å². The molecule has 154 valence electrons. The molecule has 2 atom stereocenters. The van der Waals surface area contributed by atoms with Gasteiger partial charge in [0, 0.05) is 16.8 Å². The Bertz CT molecular complexity index is 853. The van der Waals surface area contributed by atoms with Crippen molar-refractivity contribution in [2.75, 3.05) is 12.0 Å². The van der Waals surface area contributed by atoms with E-state index >= 15 is 0 Å². The highest BCUT2D eigenvalue weighted by Crippen LogP contribution is 2.19. The summed E-state index contributed by atoms with van der Waals surface area (Å²) in [5, 5.41) is 5.23. The Hall–Kier alpha value is -1.94. The van der Waals surface area contributed by atoms with E-state index in [1.807, 2.05) is 0 Å². The molecule has 0 aromatic heterocycles. The van der Waals surface area contributed by atoms with Gasteiger partial charge in [0.25, 0.3) is 11.8 Å². The van der Waals surface area contributed by atoms with Crippen LogP contribution in [0.1, 0.15) is 36.5 Å². The Morgan fingerprint density at radius 3 is 2.46 bits per heavy atom. The minimum atomic E-state index is -3.36. The fourth-order valence-electron chi connectivity index (χ4n) is 2.32. The zero-order valence-corrected chi connectivity index (χ0v) is 18.0. The van der Waals surface area contributed by atoms with Crippen LogP contribution in [0, 0.1) is 0 Å². The van der Waals surface area contributed by atoms with E-state index in [0.29, 0.717) is 10.0 Å². The molecule has 0 radical (unpaired) electrons. The van der Waals surface area contributed by atoms with Gasteiger partial charge in [-0.05, 0) is 54.2 Å². The summed E-state index contributed by atoms with van der Waals surface area (Å²) >= 11 is 3.26. The van der Waals surface area contributed by atoms with Crippen molar-refractivity contribution >= 4 is 43.6 Å². The van der Waals surface area contributed by atoms with Crippen molar-refractivity contribution in [1.82, 2.24) is 10.6 Å². The molecule has 28 heavy (non-hydrogen) atoms. The van der Waals surface area contributed by atoms with Crippen LogP contribution in [0.3, 0.4) is 0 Å². The number of benzene rings is 1. The molecule has 1 fully saturated rings. The summed E-state index contributed by atoms with van der Waals surface area (Å²) in [4.78, 5) is 37.0. The fraction of sp³-hybridized carbons (Fsp3) is 0.500. The first-order valence-corrected chi connectivity index (χ1v) is 11.7. The molecular formula is C18H23BrN2O6S. The monoisotopic (exact) mass is 474 g/mol. The highest BCUT2D eigenvalue weighted by atomic mass is 79.9. The Morgan fingerprint density at radius 2 is 1.89 bits per heavy atom. The predicted molar refractivity (Wildman–Crippen MR) is 106 cm³/mol. The molecule has 2 amide bonds. The standard InChI is InChI=1S/C18H23BrN2O6S/c1-11(16(22)20-12-7-8-12)27-18(24)15(9-10-28(2,25)26)21-17(23)13-5-3-4-6-14(13)19/h3-6,11-12,15H,7-10H2,1-2H3,(H,20,22)(H,21,23)/t11-,15+/m0/s1. The number of hydrogen-bond donors (Lipinski definition) is 2. The third kappa shape index (κ3) is 7.23. The summed E-state index contributed by atoms with van der Waals surface area (Å²) in [6.45, 7) is 1.43. The van der Waals surface area contributed by atoms with Crippen molar-refractivity contribution in [3.8, 4) is 0 Å². The van der Waals surface area contributed by atoms with E-state index < -0.39 is 39.8 Å². The maximum Gasteiger partial charge on any atom is 0.329 e. The second kappa shape index (κ2) is 9.51. The summed E-state index contributed by atoms with van der Waals surface area (Å²) < 4.78 is 28.7. The van der Waals surface area contributed by atoms with Crippen molar-refractivity contribution in [3.05, 3.63) is 34.3 Å². The topological polar surface area (TPSA) is 119 Å². The molecule has 0 heterocycles. The average Bonchev–Trinajstić information content (AvgIpc) is 3.41. The molecule has 2 N–H and O–H groups in total. The van der Waals surface area contributed by atoms with Gasteiger partial charge in [-0.2, -0.15) is 0 Å². The summed E-state index contributed by atoms with van der Waals surface area (Å²) in [5.74, 6) is -2.15. The normalized spacial score (nSPS) is 16.0. The first-order chi connectivity index (χ1) is 13.1. The predicted octanol–water partition coefficient (Wildman–Crippen LogP) is 1.19. The molecule has 0 unspecified atom stereocenters. The fourth-order valence-corrected chi connectivity index (χ4v) is 3.45. The van der Waals surface area contributed by atoms with Gasteiger partial charge in [0.2, 0.25) is 0 Å². The van der Waals surface area contributed by atoms with Gasteiger partial charge in [0.15, 0.2) is 6.10 Å². The maximum atomic E-state index is 12.5. The number of hydrogen-bond acceptors (Lipinski definition) is 6. The minimum Gasteiger partial charge on any atom is -0.451 e. The molecule has 0 aliphatic heterocycles. The van der Waals surface area contributed by atoms with Crippen molar-refractivity contribution < 1.29 is 27.5 Å². The van der Waals surface area contributed by atoms with Crippen LogP contribution in [0.5, 0.6) is 0 Å². The molecule has 0 saturated heterocycles. The van der Waals surface area contributed by atoms with Gasteiger partial charge in [-0.3, -0.25) is 9.59 Å². The molecule has 1 saturated carbocycles. The first kappa shape index (κ1) is 22.4. The Balaban J connectivity index is 2.06. The summed E-state index contributed by atoms with van der Waals surface area (Å²) in [5.41, 5.74) is 0.291. The van der Waals surface area contributed by atoms with Gasteiger partial charge < -0.3 is 15.4 Å². The van der Waals surface area contributed by atoms with E-state index in [0.717, 1.165) is 19.1 Å². The smallest absolute Gasteiger partial charge is 0.329 e. The van der Waals surface area contributed by atoms with Crippen LogP contribution in [0.15, 0.2) is 28.7 Å². The van der Waals surface area contributed by atoms with Crippen LogP contribution in [0.2, 0.25) is 0 Å². The molecule has 1 aromatic carbocycles. The number of rotatable bonds is 9. The Kier molecular flexibility index (Phi) is 7.59. The van der Waals surface area contributed by atoms with E-state index in [2.05, 4.69) is 26.6 Å². The van der Waals surface area contributed by atoms with Crippen LogP contribution in [-0.4, -0.2) is 56.4 Å². The van der Waals surface area contributed by atoms with Gasteiger partial charge >= 0.3 is 5.97 Å². The maximum absolute atomic E-state index is 12.5. The number of carbonyl (C=O) groups is 3. The van der Waals surface area contributed by atoms with E-state index in [1.54, 1.807) is 24.3 Å². The molecule has 0 bridgehead atoms. The first-order valence-electron chi connectivity index (χ1n) is 8.81. The minimum absolute atomic E-state index is 0.116. The lowest BCUT2D eigenvalue weighted by atomic mass is 10.1. The molecule has 1 aliphatic rings. The molecule has 1 aromatic rings. The number of halogens is 1. The largest absolute Gasteiger partial charge is 0.451 e. The van der Waals surface area contributed by atoms with Crippen molar-refractivity contribution in [3.63, 3.8) is 0 Å². The third-order valence-electron chi connectivity index (χ3n) is 4.07. The molecule has 2 rings (SSSR count). The average molecular weight is 475 g/mol. The number of ether oxygens (including phenoxy) is 1. The molecule has 8 nitrogen and oxygen atoms in total. The van der Waals surface area contributed by atoms with Crippen LogP contribution in [0.25, 0.3) is 0 Å². The van der Waals surface area contributed by atoms with E-state index in [9.17, 15) is 22.8 Å². The van der Waals surface area contributed by atoms with Gasteiger partial charge in [0.05, 0.1) is 11.3 Å². The zero-order valence-electron chi connectivity index (χ0n) is 15.6. The number of nitrogens with one attached hydrogen (secondary N) is 2. The molecule has 0 spiro atoms. The van der Waals surface area contributed by atoms with Crippen LogP contribution in [-0.2, 0) is 24.2 Å². The second-order valence-corrected chi connectivity index (χ2v) is 9.90. The lowest BCUT2D eigenvalue weighted by Crippen LogP contribution is -2.46. The number of amides is 2. The second-order valence-electron chi connectivity index (χ2n) is 6.79. The molecular weight excluding hydrogens is 452 g/mol. The number of sulfone groups is 1. The summed E-state index contributed by atoms with van der Waals surface area (Å²) in [7, 11) is -3.36. The van der Waals surface area contributed by atoms with Gasteiger partial charge in [-0.25, -0.2) is 13.2 Å². The van der Waals surface area contributed by atoms with E-state index in [-0.39, 0.29) is 18.2 Å². The van der Waals surface area contributed by atoms with Gasteiger partial charge in [-0.1, -0.05) is 12.1 Å². The highest BCUT2D eigenvalue weighted by Gasteiger charge is 2.30. The number of carbonyl (C=O) groups excluding carboxylic acids is 3. The van der Waals surface area contributed by atoms with E-state index in [4.69, 9.17) is 4.74 Å². The van der Waals surface area contributed by atoms with Crippen molar-refractivity contribution in [2.24, 2.45) is 0 Å². The lowest BCUT2D eigenvalue weighted by molar-refractivity contribution is -0.156. The van der Waals surface area contributed by atoms with Gasteiger partial charge in [-0.15, -0.1) is 0 Å². The Morgan fingerprint density at radius 1 is 1.25 bits per heavy atom. The van der Waals surface area contributed by atoms with Crippen molar-refractivity contribution in [2.45, 2.75) is 44.4 Å². The Labute approximate surface area is 172 Å². The third-order valence-corrected chi connectivity index (χ3v) is 5.74. The highest BCUT2D eigenvalue weighted by molar-refractivity contribution is 9.10. The van der Waals surface area contributed by atoms with Crippen molar-refractivity contribution in [1.29, 1.82) is 0 Å². The number of esters is 1. The van der Waals surface area contributed by atoms with E-state index in [1.165, 1.54) is 6.92 Å². The van der Waals surface area contributed by atoms with Crippen LogP contribution in [0.4, 0.5) is 0 Å². The quantitative estimate of drug-likeness (QED) is 0.518. The SMILES string of the molecule is C[C@H](OC(=O)[C@@H](CCS(C)(=O)=O)NC(=O)c1ccccc1Br)C(=O)NC1CC1. The summed E-state index contributed by atoms with van der Waals surface area (Å²) in [6.07, 6.45) is 1.62. The molecule has 10 heteroatoms. The van der Waals surface area contributed by atoms with Crippen LogP contribution < -0.4 is 10.6 Å². The summed E-state index contributed by atoms with van der Waals surface area (Å²) in [6, 6.07) is 5.53. The van der Waals surface area contributed by atoms with Crippen LogP contribution >= 0.6 is 15.9 Å². The molecule has 1 aliphatic carbocycles. The lowest BCUT2D eigenvalue weighted by Gasteiger charge is -2.20.